The van der Waals surface area contributed by atoms with Crippen LogP contribution in [0.4, 0.5) is 0 Å². The molecule has 110 valence electrons. The first-order valence-electron chi connectivity index (χ1n) is 7.47. The van der Waals surface area contributed by atoms with E-state index in [1.165, 1.54) is 11.1 Å². The largest absolute Gasteiger partial charge is 0.497 e. The van der Waals surface area contributed by atoms with Crippen LogP contribution in [0.1, 0.15) is 45.3 Å². The third kappa shape index (κ3) is 3.24. The SMILES string of the molecule is C=C(C)[C@H]1CC[C@H](C(C)C)O[C@@H]1c1ccc(OC)cc1. The highest BCUT2D eigenvalue weighted by molar-refractivity contribution is 5.30. The van der Waals surface area contributed by atoms with E-state index in [-0.39, 0.29) is 6.10 Å². The summed E-state index contributed by atoms with van der Waals surface area (Å²) in [6, 6.07) is 8.24. The van der Waals surface area contributed by atoms with Gasteiger partial charge in [0.1, 0.15) is 5.75 Å². The van der Waals surface area contributed by atoms with E-state index in [4.69, 9.17) is 9.47 Å². The van der Waals surface area contributed by atoms with Crippen LogP contribution in [-0.2, 0) is 4.74 Å². The molecule has 0 bridgehead atoms. The Morgan fingerprint density at radius 3 is 2.40 bits per heavy atom. The number of hydrogen-bond acceptors (Lipinski definition) is 2. The highest BCUT2D eigenvalue weighted by atomic mass is 16.5. The van der Waals surface area contributed by atoms with Crippen molar-refractivity contribution >= 4 is 0 Å². The molecule has 1 aliphatic heterocycles. The maximum absolute atomic E-state index is 6.38. The van der Waals surface area contributed by atoms with Gasteiger partial charge in [0, 0.05) is 5.92 Å². The second-order valence-electron chi connectivity index (χ2n) is 6.14. The van der Waals surface area contributed by atoms with Crippen LogP contribution >= 0.6 is 0 Å². The van der Waals surface area contributed by atoms with Gasteiger partial charge in [0.25, 0.3) is 0 Å². The lowest BCUT2D eigenvalue weighted by Crippen LogP contribution is -2.33. The molecule has 20 heavy (non-hydrogen) atoms. The predicted molar refractivity (Wildman–Crippen MR) is 83.0 cm³/mol. The molecule has 0 saturated carbocycles. The van der Waals surface area contributed by atoms with Gasteiger partial charge in [-0.1, -0.05) is 38.1 Å². The van der Waals surface area contributed by atoms with Crippen LogP contribution < -0.4 is 4.74 Å². The Morgan fingerprint density at radius 1 is 1.25 bits per heavy atom. The fraction of sp³-hybridized carbons (Fsp3) is 0.556. The van der Waals surface area contributed by atoms with Gasteiger partial charge >= 0.3 is 0 Å². The predicted octanol–water partition coefficient (Wildman–Crippen LogP) is 4.76. The zero-order valence-corrected chi connectivity index (χ0v) is 13.1. The number of hydrogen-bond donors (Lipinski definition) is 0. The highest BCUT2D eigenvalue weighted by Crippen LogP contribution is 2.41. The molecule has 1 heterocycles. The van der Waals surface area contributed by atoms with E-state index in [9.17, 15) is 0 Å². The molecular formula is C18H26O2. The van der Waals surface area contributed by atoms with Gasteiger partial charge in [0.05, 0.1) is 19.3 Å². The van der Waals surface area contributed by atoms with Crippen LogP contribution in [0, 0.1) is 11.8 Å². The molecular weight excluding hydrogens is 248 g/mol. The van der Waals surface area contributed by atoms with Crippen molar-refractivity contribution in [2.45, 2.75) is 45.8 Å². The summed E-state index contributed by atoms with van der Waals surface area (Å²) >= 11 is 0. The van der Waals surface area contributed by atoms with Crippen molar-refractivity contribution in [3.8, 4) is 5.75 Å². The van der Waals surface area contributed by atoms with Gasteiger partial charge in [-0.15, -0.1) is 0 Å². The molecule has 0 N–H and O–H groups in total. The van der Waals surface area contributed by atoms with Crippen molar-refractivity contribution in [3.05, 3.63) is 42.0 Å². The average molecular weight is 274 g/mol. The minimum atomic E-state index is 0.125. The Morgan fingerprint density at radius 2 is 1.90 bits per heavy atom. The third-order valence-corrected chi connectivity index (χ3v) is 4.27. The van der Waals surface area contributed by atoms with E-state index >= 15 is 0 Å². The normalized spacial score (nSPS) is 26.6. The molecule has 3 atom stereocenters. The lowest BCUT2D eigenvalue weighted by Gasteiger charge is -2.39. The van der Waals surface area contributed by atoms with Crippen LogP contribution in [0.2, 0.25) is 0 Å². The van der Waals surface area contributed by atoms with Crippen molar-refractivity contribution in [3.63, 3.8) is 0 Å². The summed E-state index contributed by atoms with van der Waals surface area (Å²) in [5.41, 5.74) is 2.44. The van der Waals surface area contributed by atoms with Crippen molar-refractivity contribution in [1.82, 2.24) is 0 Å². The lowest BCUT2D eigenvalue weighted by molar-refractivity contribution is -0.0951. The Balaban J connectivity index is 2.23. The number of benzene rings is 1. The van der Waals surface area contributed by atoms with E-state index < -0.39 is 0 Å². The third-order valence-electron chi connectivity index (χ3n) is 4.27. The zero-order valence-electron chi connectivity index (χ0n) is 13.1. The van der Waals surface area contributed by atoms with Crippen molar-refractivity contribution in [2.24, 2.45) is 11.8 Å². The molecule has 0 unspecified atom stereocenters. The molecule has 2 rings (SSSR count). The number of methoxy groups -OCH3 is 1. The molecule has 2 nitrogen and oxygen atoms in total. The monoisotopic (exact) mass is 274 g/mol. The van der Waals surface area contributed by atoms with Crippen LogP contribution in [0.15, 0.2) is 36.4 Å². The molecule has 2 heteroatoms. The van der Waals surface area contributed by atoms with E-state index in [0.717, 1.165) is 18.6 Å². The van der Waals surface area contributed by atoms with Crippen molar-refractivity contribution in [2.75, 3.05) is 7.11 Å². The summed E-state index contributed by atoms with van der Waals surface area (Å²) in [6.45, 7) is 10.7. The maximum atomic E-state index is 6.38. The fourth-order valence-corrected chi connectivity index (χ4v) is 2.95. The molecule has 1 aromatic carbocycles. The van der Waals surface area contributed by atoms with E-state index in [0.29, 0.717) is 17.9 Å². The van der Waals surface area contributed by atoms with Crippen LogP contribution in [0.3, 0.4) is 0 Å². The second kappa shape index (κ2) is 6.45. The molecule has 0 radical (unpaired) electrons. The van der Waals surface area contributed by atoms with Crippen LogP contribution in [-0.4, -0.2) is 13.2 Å². The summed E-state index contributed by atoms with van der Waals surface area (Å²) in [5, 5.41) is 0. The second-order valence-corrected chi connectivity index (χ2v) is 6.14. The highest BCUT2D eigenvalue weighted by Gasteiger charge is 2.33. The summed E-state index contributed by atoms with van der Waals surface area (Å²) in [6.07, 6.45) is 2.76. The molecule has 1 fully saturated rings. The van der Waals surface area contributed by atoms with Crippen LogP contribution in [0.5, 0.6) is 5.75 Å². The van der Waals surface area contributed by atoms with Gasteiger partial charge in [0.15, 0.2) is 0 Å². The van der Waals surface area contributed by atoms with Gasteiger partial charge < -0.3 is 9.47 Å². The Kier molecular flexibility index (Phi) is 4.87. The molecule has 0 spiro atoms. The number of rotatable bonds is 4. The molecule has 1 aromatic rings. The standard InChI is InChI=1S/C18H26O2/c1-12(2)16-10-11-17(13(3)4)20-18(16)14-6-8-15(19-5)9-7-14/h6-9,13,16-18H,1,10-11H2,2-5H3/t16-,17-,18-/m1/s1. The maximum Gasteiger partial charge on any atom is 0.118 e. The van der Waals surface area contributed by atoms with E-state index in [2.05, 4.69) is 39.5 Å². The first kappa shape index (κ1) is 15.1. The molecule has 1 aliphatic rings. The van der Waals surface area contributed by atoms with E-state index in [1.807, 2.05) is 12.1 Å². The molecule has 0 aliphatic carbocycles. The quantitative estimate of drug-likeness (QED) is 0.737. The van der Waals surface area contributed by atoms with Gasteiger partial charge in [-0.25, -0.2) is 0 Å². The Hall–Kier alpha value is -1.28. The summed E-state index contributed by atoms with van der Waals surface area (Å²) in [7, 11) is 1.69. The average Bonchev–Trinajstić information content (AvgIpc) is 2.46. The summed E-state index contributed by atoms with van der Waals surface area (Å²) < 4.78 is 11.6. The smallest absolute Gasteiger partial charge is 0.118 e. The first-order chi connectivity index (χ1) is 9.52. The fourth-order valence-electron chi connectivity index (χ4n) is 2.95. The van der Waals surface area contributed by atoms with Gasteiger partial charge in [-0.2, -0.15) is 0 Å². The van der Waals surface area contributed by atoms with Crippen molar-refractivity contribution in [1.29, 1.82) is 0 Å². The topological polar surface area (TPSA) is 18.5 Å². The van der Waals surface area contributed by atoms with Crippen LogP contribution in [0.25, 0.3) is 0 Å². The Bertz CT molecular complexity index is 447. The number of ether oxygens (including phenoxy) is 2. The van der Waals surface area contributed by atoms with Gasteiger partial charge in [0.2, 0.25) is 0 Å². The molecule has 0 amide bonds. The minimum absolute atomic E-state index is 0.125. The molecule has 0 aromatic heterocycles. The summed E-state index contributed by atoms with van der Waals surface area (Å²) in [4.78, 5) is 0. The lowest BCUT2D eigenvalue weighted by atomic mass is 9.81. The minimum Gasteiger partial charge on any atom is -0.497 e. The van der Waals surface area contributed by atoms with Crippen molar-refractivity contribution < 1.29 is 9.47 Å². The van der Waals surface area contributed by atoms with Gasteiger partial charge in [-0.05, 0) is 43.4 Å². The zero-order chi connectivity index (χ0) is 14.7. The molecule has 1 saturated heterocycles. The Labute approximate surface area is 122 Å². The van der Waals surface area contributed by atoms with Gasteiger partial charge in [-0.3, -0.25) is 0 Å². The first-order valence-corrected chi connectivity index (χ1v) is 7.47. The van der Waals surface area contributed by atoms with E-state index in [1.54, 1.807) is 7.11 Å². The summed E-state index contributed by atoms with van der Waals surface area (Å²) in [5.74, 6) is 1.86.